The zero-order valence-electron chi connectivity index (χ0n) is 18.1. The van der Waals surface area contributed by atoms with Crippen molar-refractivity contribution in [1.29, 1.82) is 5.26 Å². The molecule has 0 aromatic heterocycles. The third kappa shape index (κ3) is 8.62. The van der Waals surface area contributed by atoms with Crippen molar-refractivity contribution < 1.29 is 23.1 Å². The fourth-order valence-corrected chi connectivity index (χ4v) is 4.51. The first-order valence-corrected chi connectivity index (χ1v) is 11.1. The zero-order chi connectivity index (χ0) is 23.9. The Balaban J connectivity index is 0.000000592. The molecule has 1 N–H and O–H groups in total. The van der Waals surface area contributed by atoms with Crippen molar-refractivity contribution in [2.24, 2.45) is 16.8 Å². The van der Waals surface area contributed by atoms with Gasteiger partial charge in [-0.25, -0.2) is 9.79 Å². The SMILES string of the molecule is Cc1cc(C#N)cc(Cl)c1N=C1SC[C@H](CC(C)C)N1CC(C)C.O=C(O)C(F)(F)F. The Morgan fingerprint density at radius 2 is 1.94 bits per heavy atom. The van der Waals surface area contributed by atoms with E-state index in [0.29, 0.717) is 28.5 Å². The molecule has 0 saturated carbocycles. The van der Waals surface area contributed by atoms with Gasteiger partial charge in [0, 0.05) is 18.3 Å². The van der Waals surface area contributed by atoms with Crippen molar-refractivity contribution in [3.63, 3.8) is 0 Å². The number of alkyl halides is 3. The van der Waals surface area contributed by atoms with Gasteiger partial charge in [-0.3, -0.25) is 0 Å². The molecule has 2 rings (SSSR count). The highest BCUT2D eigenvalue weighted by Gasteiger charge is 2.38. The lowest BCUT2D eigenvalue weighted by Crippen LogP contribution is -2.37. The Morgan fingerprint density at radius 3 is 2.35 bits per heavy atom. The Kier molecular flexibility index (Phi) is 10.2. The van der Waals surface area contributed by atoms with Gasteiger partial charge in [0.25, 0.3) is 0 Å². The first-order valence-electron chi connectivity index (χ1n) is 9.74. The molecule has 1 aromatic rings. The monoisotopic (exact) mass is 477 g/mol. The average molecular weight is 478 g/mol. The topological polar surface area (TPSA) is 76.7 Å². The predicted molar refractivity (Wildman–Crippen MR) is 119 cm³/mol. The highest BCUT2D eigenvalue weighted by atomic mass is 35.5. The van der Waals surface area contributed by atoms with Gasteiger partial charge < -0.3 is 10.0 Å². The second-order valence-electron chi connectivity index (χ2n) is 8.07. The summed E-state index contributed by atoms with van der Waals surface area (Å²) in [6, 6.07) is 6.23. The van der Waals surface area contributed by atoms with Crippen LogP contribution in [0.25, 0.3) is 0 Å². The summed E-state index contributed by atoms with van der Waals surface area (Å²) < 4.78 is 31.7. The number of amidine groups is 1. The van der Waals surface area contributed by atoms with Crippen LogP contribution in [-0.4, -0.2) is 45.7 Å². The van der Waals surface area contributed by atoms with Gasteiger partial charge in [-0.1, -0.05) is 51.1 Å². The minimum absolute atomic E-state index is 0.536. The van der Waals surface area contributed by atoms with Gasteiger partial charge in [-0.15, -0.1) is 0 Å². The van der Waals surface area contributed by atoms with E-state index >= 15 is 0 Å². The minimum Gasteiger partial charge on any atom is -0.475 e. The summed E-state index contributed by atoms with van der Waals surface area (Å²) in [7, 11) is 0. The summed E-state index contributed by atoms with van der Waals surface area (Å²) in [5.41, 5.74) is 2.32. The Labute approximate surface area is 190 Å². The molecule has 1 saturated heterocycles. The molecule has 1 heterocycles. The maximum atomic E-state index is 10.6. The quantitative estimate of drug-likeness (QED) is 0.541. The van der Waals surface area contributed by atoms with Gasteiger partial charge in [0.05, 0.1) is 22.3 Å². The van der Waals surface area contributed by atoms with Crippen LogP contribution >= 0.6 is 23.4 Å². The van der Waals surface area contributed by atoms with Crippen LogP contribution in [0.1, 0.15) is 45.2 Å². The van der Waals surface area contributed by atoms with E-state index in [-0.39, 0.29) is 0 Å². The van der Waals surface area contributed by atoms with Crippen molar-refractivity contribution in [3.05, 3.63) is 28.3 Å². The number of carboxylic acid groups (broad SMARTS) is 1. The summed E-state index contributed by atoms with van der Waals surface area (Å²) in [4.78, 5) is 16.2. The molecule has 0 spiro atoms. The summed E-state index contributed by atoms with van der Waals surface area (Å²) >= 11 is 8.20. The maximum Gasteiger partial charge on any atom is 0.490 e. The van der Waals surface area contributed by atoms with Crippen LogP contribution in [0.2, 0.25) is 5.02 Å². The summed E-state index contributed by atoms with van der Waals surface area (Å²) in [5, 5.41) is 17.8. The van der Waals surface area contributed by atoms with E-state index in [9.17, 15) is 13.2 Å². The van der Waals surface area contributed by atoms with E-state index in [1.807, 2.05) is 24.8 Å². The largest absolute Gasteiger partial charge is 0.490 e. The number of thioether (sulfide) groups is 1. The number of aliphatic carboxylic acids is 1. The second-order valence-corrected chi connectivity index (χ2v) is 9.47. The number of hydrogen-bond acceptors (Lipinski definition) is 4. The maximum absolute atomic E-state index is 10.6. The van der Waals surface area contributed by atoms with Gasteiger partial charge >= 0.3 is 12.1 Å². The fourth-order valence-electron chi connectivity index (χ4n) is 2.99. The predicted octanol–water partition coefficient (Wildman–Crippen LogP) is 6.26. The second kappa shape index (κ2) is 11.6. The Hall–Kier alpha value is -1.92. The Morgan fingerprint density at radius 1 is 1.35 bits per heavy atom. The van der Waals surface area contributed by atoms with E-state index in [2.05, 4.69) is 38.7 Å². The first kappa shape index (κ1) is 27.1. The van der Waals surface area contributed by atoms with Gasteiger partial charge in [-0.2, -0.15) is 18.4 Å². The number of rotatable bonds is 5. The summed E-state index contributed by atoms with van der Waals surface area (Å²) in [6.45, 7) is 12.0. The lowest BCUT2D eigenvalue weighted by molar-refractivity contribution is -0.192. The molecule has 31 heavy (non-hydrogen) atoms. The number of nitrogens with zero attached hydrogens (tertiary/aromatic N) is 3. The standard InChI is InChI=1S/C19H26ClN3S.C2HF3O2/c1-12(2)6-16-11-24-19(23(16)10-13(3)4)22-18-14(5)7-15(9-21)8-17(18)20;3-2(4,5)1(6)7/h7-8,12-13,16H,6,10-11H2,1-5H3;(H,6,7)/t16-;/m0./s1. The number of aryl methyl sites for hydroxylation is 1. The van der Waals surface area contributed by atoms with Gasteiger partial charge in [0.1, 0.15) is 0 Å². The number of aliphatic imine (C=N–C) groups is 1. The van der Waals surface area contributed by atoms with Gasteiger partial charge in [-0.05, 0) is 42.9 Å². The highest BCUT2D eigenvalue weighted by molar-refractivity contribution is 8.14. The molecule has 0 aliphatic carbocycles. The van der Waals surface area contributed by atoms with Crippen LogP contribution in [0, 0.1) is 30.1 Å². The van der Waals surface area contributed by atoms with Gasteiger partial charge in [0.2, 0.25) is 0 Å². The highest BCUT2D eigenvalue weighted by Crippen LogP contribution is 2.35. The summed E-state index contributed by atoms with van der Waals surface area (Å²) in [5.74, 6) is -0.421. The molecule has 0 radical (unpaired) electrons. The first-order chi connectivity index (χ1) is 14.3. The Bertz CT molecular complexity index is 828. The number of carbonyl (C=O) groups is 1. The van der Waals surface area contributed by atoms with Crippen LogP contribution < -0.4 is 0 Å². The van der Waals surface area contributed by atoms with Crippen LogP contribution in [0.3, 0.4) is 0 Å². The van der Waals surface area contributed by atoms with Crippen molar-refractivity contribution in [2.45, 2.75) is 53.3 Å². The molecular weight excluding hydrogens is 451 g/mol. The lowest BCUT2D eigenvalue weighted by atomic mass is 10.0. The molecule has 1 atom stereocenters. The molecule has 0 unspecified atom stereocenters. The van der Waals surface area contributed by atoms with Crippen molar-refractivity contribution in [2.75, 3.05) is 12.3 Å². The smallest absolute Gasteiger partial charge is 0.475 e. The van der Waals surface area contributed by atoms with Crippen LogP contribution in [0.5, 0.6) is 0 Å². The normalized spacial score (nSPS) is 17.7. The number of hydrogen-bond donors (Lipinski definition) is 1. The van der Waals surface area contributed by atoms with Crippen LogP contribution in [-0.2, 0) is 4.79 Å². The molecule has 1 fully saturated rings. The minimum atomic E-state index is -5.08. The molecule has 1 aromatic carbocycles. The van der Waals surface area contributed by atoms with Crippen molar-refractivity contribution in [1.82, 2.24) is 4.90 Å². The zero-order valence-corrected chi connectivity index (χ0v) is 19.7. The van der Waals surface area contributed by atoms with E-state index in [1.54, 1.807) is 6.07 Å². The molecule has 0 bridgehead atoms. The van der Waals surface area contributed by atoms with E-state index in [1.165, 1.54) is 6.42 Å². The third-order valence-electron chi connectivity index (χ3n) is 4.23. The molecule has 5 nitrogen and oxygen atoms in total. The number of nitriles is 1. The molecule has 0 amide bonds. The average Bonchev–Trinajstić information content (AvgIpc) is 2.97. The van der Waals surface area contributed by atoms with Crippen LogP contribution in [0.15, 0.2) is 17.1 Å². The number of halogens is 4. The number of carboxylic acids is 1. The van der Waals surface area contributed by atoms with Crippen molar-refractivity contribution >= 4 is 40.2 Å². The molecule has 1 aliphatic heterocycles. The fraction of sp³-hybridized carbons (Fsp3) is 0.571. The third-order valence-corrected chi connectivity index (χ3v) is 5.65. The lowest BCUT2D eigenvalue weighted by Gasteiger charge is -2.29. The van der Waals surface area contributed by atoms with E-state index in [0.717, 1.165) is 28.7 Å². The van der Waals surface area contributed by atoms with Gasteiger partial charge in [0.15, 0.2) is 5.17 Å². The van der Waals surface area contributed by atoms with E-state index in [4.69, 9.17) is 31.8 Å². The molecular formula is C21H27ClF3N3O2S. The number of benzene rings is 1. The van der Waals surface area contributed by atoms with Crippen molar-refractivity contribution in [3.8, 4) is 6.07 Å². The molecule has 10 heteroatoms. The van der Waals surface area contributed by atoms with Crippen LogP contribution in [0.4, 0.5) is 18.9 Å². The summed E-state index contributed by atoms with van der Waals surface area (Å²) in [6.07, 6.45) is -3.90. The molecule has 1 aliphatic rings. The molecule has 172 valence electrons. The van der Waals surface area contributed by atoms with E-state index < -0.39 is 12.1 Å².